The molecule has 0 spiro atoms. The van der Waals surface area contributed by atoms with Crippen LogP contribution in [0.25, 0.3) is 0 Å². The van der Waals surface area contributed by atoms with Crippen LogP contribution >= 0.6 is 11.8 Å². The number of nitrogens with zero attached hydrogens (tertiary/aromatic N) is 1. The number of ether oxygens (including phenoxy) is 1. The summed E-state index contributed by atoms with van der Waals surface area (Å²) < 4.78 is 5.28. The van der Waals surface area contributed by atoms with Crippen molar-refractivity contribution in [3.05, 3.63) is 29.8 Å². The molecule has 0 heterocycles. The highest BCUT2D eigenvalue weighted by Gasteiger charge is 2.25. The van der Waals surface area contributed by atoms with Crippen LogP contribution < -0.4 is 10.1 Å². The third kappa shape index (κ3) is 4.94. The number of hydrogen-bond donors (Lipinski definition) is 1. The van der Waals surface area contributed by atoms with Gasteiger partial charge in [0.05, 0.1) is 0 Å². The van der Waals surface area contributed by atoms with Crippen LogP contribution in [-0.2, 0) is 0 Å². The summed E-state index contributed by atoms with van der Waals surface area (Å²) in [5, 5.41) is 13.1. The zero-order valence-corrected chi connectivity index (χ0v) is 13.7. The van der Waals surface area contributed by atoms with E-state index in [9.17, 15) is 0 Å². The highest BCUT2D eigenvalue weighted by atomic mass is 32.2. The molecule has 21 heavy (non-hydrogen) atoms. The Morgan fingerprint density at radius 1 is 1.38 bits per heavy atom. The second-order valence-corrected chi connectivity index (χ2v) is 7.07. The fourth-order valence-corrected chi connectivity index (χ4v) is 4.04. The van der Waals surface area contributed by atoms with E-state index in [-0.39, 0.29) is 6.61 Å². The molecule has 0 aliphatic heterocycles. The van der Waals surface area contributed by atoms with E-state index >= 15 is 0 Å². The van der Waals surface area contributed by atoms with Crippen LogP contribution in [-0.4, -0.2) is 23.7 Å². The smallest absolute Gasteiger partial charge is 0.174 e. The largest absolute Gasteiger partial charge is 0.479 e. The summed E-state index contributed by atoms with van der Waals surface area (Å²) in [6.07, 6.45) is 3.90. The molecule has 1 aromatic rings. The highest BCUT2D eigenvalue weighted by molar-refractivity contribution is 7.99. The average molecular weight is 304 g/mol. The average Bonchev–Trinajstić information content (AvgIpc) is 2.93. The van der Waals surface area contributed by atoms with Crippen molar-refractivity contribution in [2.24, 2.45) is 0 Å². The minimum atomic E-state index is 0.103. The topological polar surface area (TPSA) is 45.0 Å². The van der Waals surface area contributed by atoms with Gasteiger partial charge in [-0.05, 0) is 49.6 Å². The number of hydrogen-bond acceptors (Lipinski definition) is 4. The molecule has 3 nitrogen and oxygen atoms in total. The predicted molar refractivity (Wildman–Crippen MR) is 88.7 cm³/mol. The van der Waals surface area contributed by atoms with E-state index in [1.807, 2.05) is 18.2 Å². The maximum Gasteiger partial charge on any atom is 0.174 e. The van der Waals surface area contributed by atoms with Crippen molar-refractivity contribution in [3.8, 4) is 11.8 Å². The molecule has 1 aromatic carbocycles. The van der Waals surface area contributed by atoms with Crippen LogP contribution in [0.15, 0.2) is 24.3 Å². The number of thioether (sulfide) groups is 1. The van der Waals surface area contributed by atoms with E-state index in [1.165, 1.54) is 30.6 Å². The molecule has 114 valence electrons. The lowest BCUT2D eigenvalue weighted by Crippen LogP contribution is -2.29. The molecule has 0 bridgehead atoms. The molecule has 3 unspecified atom stereocenters. The van der Waals surface area contributed by atoms with Gasteiger partial charge in [0, 0.05) is 17.3 Å². The van der Waals surface area contributed by atoms with Crippen molar-refractivity contribution in [3.63, 3.8) is 0 Å². The number of rotatable bonds is 7. The van der Waals surface area contributed by atoms with E-state index in [4.69, 9.17) is 10.00 Å². The molecule has 0 amide bonds. The van der Waals surface area contributed by atoms with Gasteiger partial charge in [0.25, 0.3) is 0 Å². The van der Waals surface area contributed by atoms with Crippen LogP contribution in [0.4, 0.5) is 0 Å². The first-order chi connectivity index (χ1) is 10.2. The van der Waals surface area contributed by atoms with Gasteiger partial charge in [0.1, 0.15) is 11.8 Å². The second kappa shape index (κ2) is 8.31. The number of nitriles is 1. The molecule has 1 saturated carbocycles. The fourth-order valence-electron chi connectivity index (χ4n) is 2.90. The maximum atomic E-state index is 8.50. The molecule has 1 fully saturated rings. The third-order valence-electron chi connectivity index (χ3n) is 3.96. The van der Waals surface area contributed by atoms with E-state index in [0.717, 1.165) is 11.0 Å². The second-order valence-electron chi connectivity index (χ2n) is 5.49. The molecule has 3 atom stereocenters. The summed E-state index contributed by atoms with van der Waals surface area (Å²) >= 11 is 2.09. The first-order valence-electron chi connectivity index (χ1n) is 7.70. The van der Waals surface area contributed by atoms with Gasteiger partial charge < -0.3 is 10.1 Å². The van der Waals surface area contributed by atoms with E-state index in [1.54, 1.807) is 0 Å². The molecule has 0 radical (unpaired) electrons. The summed E-state index contributed by atoms with van der Waals surface area (Å²) in [6, 6.07) is 11.0. The third-order valence-corrected chi connectivity index (χ3v) is 5.19. The van der Waals surface area contributed by atoms with Crippen molar-refractivity contribution >= 4 is 11.8 Å². The van der Waals surface area contributed by atoms with Crippen molar-refractivity contribution in [1.82, 2.24) is 5.32 Å². The van der Waals surface area contributed by atoms with Crippen LogP contribution in [0.5, 0.6) is 5.75 Å². The Labute approximate surface area is 132 Å². The molecular formula is C17H24N2OS. The Balaban J connectivity index is 1.83. The Morgan fingerprint density at radius 2 is 2.14 bits per heavy atom. The zero-order chi connectivity index (χ0) is 15.1. The van der Waals surface area contributed by atoms with E-state index in [0.29, 0.717) is 12.1 Å². The minimum Gasteiger partial charge on any atom is -0.479 e. The molecule has 4 heteroatoms. The SMILES string of the molecule is CCSC1CCC(NC(C)c2ccc(OCC#N)cc2)C1. The molecular weight excluding hydrogens is 280 g/mol. The van der Waals surface area contributed by atoms with Gasteiger partial charge in [-0.3, -0.25) is 0 Å². The van der Waals surface area contributed by atoms with E-state index in [2.05, 4.69) is 43.1 Å². The maximum absolute atomic E-state index is 8.50. The Morgan fingerprint density at radius 3 is 2.81 bits per heavy atom. The Kier molecular flexibility index (Phi) is 6.41. The number of benzene rings is 1. The molecule has 1 aliphatic rings. The summed E-state index contributed by atoms with van der Waals surface area (Å²) in [5.74, 6) is 1.98. The van der Waals surface area contributed by atoms with Crippen LogP contribution in [0, 0.1) is 11.3 Å². The van der Waals surface area contributed by atoms with Crippen LogP contribution in [0.2, 0.25) is 0 Å². The lowest BCUT2D eigenvalue weighted by molar-refractivity contribution is 0.367. The van der Waals surface area contributed by atoms with Gasteiger partial charge >= 0.3 is 0 Å². The van der Waals surface area contributed by atoms with Crippen molar-refractivity contribution in [2.75, 3.05) is 12.4 Å². The summed E-state index contributed by atoms with van der Waals surface area (Å²) in [6.45, 7) is 4.56. The van der Waals surface area contributed by atoms with Gasteiger partial charge in [-0.1, -0.05) is 19.1 Å². The van der Waals surface area contributed by atoms with Gasteiger partial charge in [0.15, 0.2) is 6.61 Å². The van der Waals surface area contributed by atoms with Crippen molar-refractivity contribution < 1.29 is 4.74 Å². The summed E-state index contributed by atoms with van der Waals surface area (Å²) in [4.78, 5) is 0. The van der Waals surface area contributed by atoms with Gasteiger partial charge in [-0.25, -0.2) is 0 Å². The quantitative estimate of drug-likeness (QED) is 0.829. The molecule has 1 aliphatic carbocycles. The summed E-state index contributed by atoms with van der Waals surface area (Å²) in [7, 11) is 0. The Hall–Kier alpha value is -1.18. The van der Waals surface area contributed by atoms with Crippen LogP contribution in [0.1, 0.15) is 44.7 Å². The first-order valence-corrected chi connectivity index (χ1v) is 8.75. The number of nitrogens with one attached hydrogen (secondary N) is 1. The Bertz CT molecular complexity index is 469. The first kappa shape index (κ1) is 16.2. The molecule has 0 aromatic heterocycles. The lowest BCUT2D eigenvalue weighted by Gasteiger charge is -2.20. The standard InChI is InChI=1S/C17H24N2OS/c1-3-21-17-9-6-15(12-17)19-13(2)14-4-7-16(8-5-14)20-11-10-18/h4-5,7-8,13,15,17,19H,3,6,9,11-12H2,1-2H3. The van der Waals surface area contributed by atoms with Crippen molar-refractivity contribution in [1.29, 1.82) is 5.26 Å². The molecule has 1 N–H and O–H groups in total. The summed E-state index contributed by atoms with van der Waals surface area (Å²) in [5.41, 5.74) is 1.27. The minimum absolute atomic E-state index is 0.103. The van der Waals surface area contributed by atoms with Crippen LogP contribution in [0.3, 0.4) is 0 Å². The predicted octanol–water partition coefficient (Wildman–Crippen LogP) is 3.91. The lowest BCUT2D eigenvalue weighted by atomic mass is 10.1. The molecule has 0 saturated heterocycles. The van der Waals surface area contributed by atoms with Gasteiger partial charge in [-0.2, -0.15) is 17.0 Å². The van der Waals surface area contributed by atoms with Crippen molar-refractivity contribution in [2.45, 2.75) is 50.4 Å². The monoisotopic (exact) mass is 304 g/mol. The zero-order valence-electron chi connectivity index (χ0n) is 12.8. The normalized spacial score (nSPS) is 22.7. The van der Waals surface area contributed by atoms with E-state index < -0.39 is 0 Å². The molecule has 2 rings (SSSR count). The van der Waals surface area contributed by atoms with Gasteiger partial charge in [-0.15, -0.1) is 0 Å². The highest BCUT2D eigenvalue weighted by Crippen LogP contribution is 2.31. The van der Waals surface area contributed by atoms with Gasteiger partial charge in [0.2, 0.25) is 0 Å². The fraction of sp³-hybridized carbons (Fsp3) is 0.588.